The number of nitrogens with zero attached hydrogens (tertiary/aromatic N) is 4. The highest BCUT2D eigenvalue weighted by atomic mass is 15.1. The molecule has 0 aliphatic heterocycles. The molecule has 0 atom stereocenters. The zero-order valence-electron chi connectivity index (χ0n) is 30.3. The van der Waals surface area contributed by atoms with Crippen LogP contribution in [0.5, 0.6) is 0 Å². The Bertz CT molecular complexity index is 3200. The maximum atomic E-state index is 2.43. The summed E-state index contributed by atoms with van der Waals surface area (Å²) >= 11 is 0. The Labute approximate surface area is 319 Å². The Morgan fingerprint density at radius 1 is 0.345 bits per heavy atom. The van der Waals surface area contributed by atoms with Crippen LogP contribution in [0.3, 0.4) is 0 Å². The Morgan fingerprint density at radius 3 is 1.67 bits per heavy atom. The van der Waals surface area contributed by atoms with Crippen molar-refractivity contribution in [2.75, 3.05) is 4.90 Å². The van der Waals surface area contributed by atoms with Crippen molar-refractivity contribution in [3.05, 3.63) is 206 Å². The van der Waals surface area contributed by atoms with Gasteiger partial charge in [-0.1, -0.05) is 96.6 Å². The summed E-state index contributed by atoms with van der Waals surface area (Å²) < 4.78 is 7.10. The molecule has 0 radical (unpaired) electrons. The molecular weight excluding hydrogens is 669 g/mol. The summed E-state index contributed by atoms with van der Waals surface area (Å²) in [6.45, 7) is 2.14. The molecule has 0 amide bonds. The molecule has 3 heterocycles. The van der Waals surface area contributed by atoms with E-state index in [0.717, 1.165) is 34.1 Å². The standard InChI is InChI=1S/C51H36N4/c1-35-23-25-39(26-24-35)54-47-21-10-9-20-44(47)46-33-42(27-28-49(46)54)53(38-15-6-3-7-16-38)40-17-12-18-41(32-40)55-48-22-11-8-19-43(48)45-31-36-29-30-52(50(36)34-51(45)55)37-13-4-2-5-14-37/h2-34H,1H3. The van der Waals surface area contributed by atoms with E-state index in [1.807, 2.05) is 0 Å². The van der Waals surface area contributed by atoms with Gasteiger partial charge in [-0.05, 0) is 110 Å². The minimum Gasteiger partial charge on any atom is -0.316 e. The van der Waals surface area contributed by atoms with Crippen LogP contribution in [-0.4, -0.2) is 13.7 Å². The summed E-state index contributed by atoms with van der Waals surface area (Å²) in [4.78, 5) is 2.38. The van der Waals surface area contributed by atoms with E-state index in [1.165, 1.54) is 60.1 Å². The minimum atomic E-state index is 1.09. The van der Waals surface area contributed by atoms with Gasteiger partial charge >= 0.3 is 0 Å². The van der Waals surface area contributed by atoms with Crippen molar-refractivity contribution >= 4 is 71.6 Å². The molecule has 3 aromatic heterocycles. The van der Waals surface area contributed by atoms with Crippen LogP contribution in [-0.2, 0) is 0 Å². The van der Waals surface area contributed by atoms with Crippen molar-refractivity contribution in [1.82, 2.24) is 13.7 Å². The zero-order valence-corrected chi connectivity index (χ0v) is 30.3. The number of aromatic nitrogens is 3. The van der Waals surface area contributed by atoms with Gasteiger partial charge in [0.25, 0.3) is 0 Å². The van der Waals surface area contributed by atoms with Crippen molar-refractivity contribution in [3.63, 3.8) is 0 Å². The second-order valence-electron chi connectivity index (χ2n) is 14.4. The fraction of sp³-hybridized carbons (Fsp3) is 0.0196. The molecule has 0 unspecified atom stereocenters. The Kier molecular flexibility index (Phi) is 7.04. The highest BCUT2D eigenvalue weighted by molar-refractivity contribution is 6.14. The van der Waals surface area contributed by atoms with E-state index in [0.29, 0.717) is 0 Å². The molecule has 55 heavy (non-hydrogen) atoms. The first-order chi connectivity index (χ1) is 27.2. The van der Waals surface area contributed by atoms with Crippen LogP contribution in [0.1, 0.15) is 5.56 Å². The molecule has 11 aromatic rings. The van der Waals surface area contributed by atoms with Gasteiger partial charge in [0.15, 0.2) is 0 Å². The van der Waals surface area contributed by atoms with E-state index in [4.69, 9.17) is 0 Å². The van der Waals surface area contributed by atoms with Gasteiger partial charge in [-0.15, -0.1) is 0 Å². The maximum Gasteiger partial charge on any atom is 0.0562 e. The summed E-state index contributed by atoms with van der Waals surface area (Å²) in [7, 11) is 0. The maximum absolute atomic E-state index is 2.43. The lowest BCUT2D eigenvalue weighted by atomic mass is 10.1. The number of anilines is 3. The summed E-state index contributed by atoms with van der Waals surface area (Å²) in [5.74, 6) is 0. The number of rotatable bonds is 6. The van der Waals surface area contributed by atoms with Gasteiger partial charge in [0.2, 0.25) is 0 Å². The van der Waals surface area contributed by atoms with Gasteiger partial charge in [-0.2, -0.15) is 0 Å². The van der Waals surface area contributed by atoms with Crippen molar-refractivity contribution < 1.29 is 0 Å². The van der Waals surface area contributed by atoms with Crippen LogP contribution < -0.4 is 4.90 Å². The van der Waals surface area contributed by atoms with Crippen LogP contribution in [0, 0.1) is 6.92 Å². The summed E-state index contributed by atoms with van der Waals surface area (Å²) in [5, 5.41) is 6.17. The predicted molar refractivity (Wildman–Crippen MR) is 231 cm³/mol. The third-order valence-electron chi connectivity index (χ3n) is 11.1. The first-order valence-corrected chi connectivity index (χ1v) is 18.9. The first kappa shape index (κ1) is 31.2. The highest BCUT2D eigenvalue weighted by Gasteiger charge is 2.20. The monoisotopic (exact) mass is 704 g/mol. The SMILES string of the molecule is Cc1ccc(-n2c3ccccc3c3cc(N(c4ccccc4)c4cccc(-n5c6ccccc6c6cc7ccn(-c8ccccc8)c7cc65)c4)ccc32)cc1. The smallest absolute Gasteiger partial charge is 0.0562 e. The summed E-state index contributed by atoms with van der Waals surface area (Å²) in [5.41, 5.74) is 13.9. The number of para-hydroxylation sites is 4. The average Bonchev–Trinajstić information content (AvgIpc) is 3.91. The number of hydrogen-bond acceptors (Lipinski definition) is 1. The molecule has 0 saturated heterocycles. The third-order valence-corrected chi connectivity index (χ3v) is 11.1. The largest absolute Gasteiger partial charge is 0.316 e. The Hall–Kier alpha value is -7.30. The van der Waals surface area contributed by atoms with Crippen molar-refractivity contribution in [3.8, 4) is 17.1 Å². The van der Waals surface area contributed by atoms with Crippen molar-refractivity contribution in [2.24, 2.45) is 0 Å². The fourth-order valence-electron chi connectivity index (χ4n) is 8.56. The lowest BCUT2D eigenvalue weighted by Gasteiger charge is -2.26. The average molecular weight is 705 g/mol. The van der Waals surface area contributed by atoms with E-state index in [9.17, 15) is 0 Å². The molecular formula is C51H36N4. The normalized spacial score (nSPS) is 11.7. The first-order valence-electron chi connectivity index (χ1n) is 18.9. The van der Waals surface area contributed by atoms with Crippen LogP contribution in [0.2, 0.25) is 0 Å². The molecule has 0 aliphatic carbocycles. The predicted octanol–water partition coefficient (Wildman–Crippen LogP) is 13.6. The number of hydrogen-bond donors (Lipinski definition) is 0. The highest BCUT2D eigenvalue weighted by Crippen LogP contribution is 2.42. The Balaban J connectivity index is 1.12. The summed E-state index contributed by atoms with van der Waals surface area (Å²) in [6.07, 6.45) is 2.18. The lowest BCUT2D eigenvalue weighted by molar-refractivity contribution is 1.12. The molecule has 260 valence electrons. The van der Waals surface area contributed by atoms with Crippen LogP contribution in [0.25, 0.3) is 71.6 Å². The minimum absolute atomic E-state index is 1.09. The molecule has 11 rings (SSSR count). The number of benzene rings is 8. The van der Waals surface area contributed by atoms with Crippen LogP contribution >= 0.6 is 0 Å². The van der Waals surface area contributed by atoms with E-state index in [2.05, 4.69) is 226 Å². The molecule has 8 aromatic carbocycles. The molecule has 4 nitrogen and oxygen atoms in total. The number of fused-ring (bicyclic) bond motifs is 7. The lowest BCUT2D eigenvalue weighted by Crippen LogP contribution is -2.10. The molecule has 0 bridgehead atoms. The van der Waals surface area contributed by atoms with Gasteiger partial charge in [-0.25, -0.2) is 0 Å². The topological polar surface area (TPSA) is 18.0 Å². The van der Waals surface area contributed by atoms with E-state index >= 15 is 0 Å². The second-order valence-corrected chi connectivity index (χ2v) is 14.4. The van der Waals surface area contributed by atoms with Crippen LogP contribution in [0.15, 0.2) is 200 Å². The van der Waals surface area contributed by atoms with Gasteiger partial charge in [0.1, 0.15) is 0 Å². The zero-order chi connectivity index (χ0) is 36.5. The quantitative estimate of drug-likeness (QED) is 0.168. The molecule has 0 aliphatic rings. The fourth-order valence-corrected chi connectivity index (χ4v) is 8.56. The molecule has 0 spiro atoms. The van der Waals surface area contributed by atoms with Gasteiger partial charge in [-0.3, -0.25) is 0 Å². The molecule has 0 N–H and O–H groups in total. The van der Waals surface area contributed by atoms with Crippen molar-refractivity contribution in [1.29, 1.82) is 0 Å². The van der Waals surface area contributed by atoms with Crippen molar-refractivity contribution in [2.45, 2.75) is 6.92 Å². The number of aryl methyl sites for hydroxylation is 1. The van der Waals surface area contributed by atoms with E-state index < -0.39 is 0 Å². The summed E-state index contributed by atoms with van der Waals surface area (Å²) in [6, 6.07) is 70.5. The van der Waals surface area contributed by atoms with Gasteiger partial charge in [0, 0.05) is 67.3 Å². The third kappa shape index (κ3) is 4.99. The molecule has 0 saturated carbocycles. The Morgan fingerprint density at radius 2 is 0.927 bits per heavy atom. The van der Waals surface area contributed by atoms with E-state index in [-0.39, 0.29) is 0 Å². The van der Waals surface area contributed by atoms with E-state index in [1.54, 1.807) is 0 Å². The van der Waals surface area contributed by atoms with Gasteiger partial charge < -0.3 is 18.6 Å². The second kappa shape index (κ2) is 12.4. The van der Waals surface area contributed by atoms with Gasteiger partial charge in [0.05, 0.1) is 27.6 Å². The van der Waals surface area contributed by atoms with Crippen LogP contribution in [0.4, 0.5) is 17.1 Å². The molecule has 0 fully saturated rings. The molecule has 4 heteroatoms.